The molecule has 0 bridgehead atoms. The molecule has 0 aliphatic heterocycles. The van der Waals surface area contributed by atoms with E-state index >= 15 is 0 Å². The van der Waals surface area contributed by atoms with Gasteiger partial charge in [0.25, 0.3) is 0 Å². The summed E-state index contributed by atoms with van der Waals surface area (Å²) in [6.07, 6.45) is 12.6. The number of allylic oxidation sites excluding steroid dienone is 6. The zero-order chi connectivity index (χ0) is 8.10. The first-order chi connectivity index (χ1) is 5.34. The van der Waals surface area contributed by atoms with Crippen molar-refractivity contribution in [2.75, 3.05) is 0 Å². The minimum absolute atomic E-state index is 0.478. The van der Waals surface area contributed by atoms with Crippen LogP contribution in [0.2, 0.25) is 0 Å². The highest BCUT2D eigenvalue weighted by atomic mass is 14.1. The predicted octanol–water partition coefficient (Wildman–Crippen LogP) is 3.25. The third kappa shape index (κ3) is 2.23. The van der Waals surface area contributed by atoms with Crippen LogP contribution >= 0.6 is 0 Å². The number of rotatable bonds is 2. The average Bonchev–Trinajstić information content (AvgIpc) is 2.18. The third-order valence-electron chi connectivity index (χ3n) is 1.87. The molecule has 58 valence electrons. The van der Waals surface area contributed by atoms with Gasteiger partial charge in [-0.05, 0) is 18.4 Å². The normalized spacial score (nSPS) is 23.3. The number of hydrogen-bond acceptors (Lipinski definition) is 0. The van der Waals surface area contributed by atoms with Gasteiger partial charge in [-0.2, -0.15) is 0 Å². The standard InChI is InChI=1S/C11H14/c1-3-7-11-9-6-4-5-8-10(11)2/h3,5-6,8-9,11H,1-2,4,7H2. The average molecular weight is 146 g/mol. The first-order valence-electron chi connectivity index (χ1n) is 3.97. The fraction of sp³-hybridized carbons (Fsp3) is 0.273. The molecule has 0 heterocycles. The summed E-state index contributed by atoms with van der Waals surface area (Å²) in [7, 11) is 0. The molecule has 0 radical (unpaired) electrons. The van der Waals surface area contributed by atoms with Crippen molar-refractivity contribution in [1.29, 1.82) is 0 Å². The van der Waals surface area contributed by atoms with Crippen molar-refractivity contribution < 1.29 is 0 Å². The molecule has 0 N–H and O–H groups in total. The molecular weight excluding hydrogens is 132 g/mol. The first-order valence-corrected chi connectivity index (χ1v) is 3.97. The highest BCUT2D eigenvalue weighted by Crippen LogP contribution is 2.19. The molecule has 0 nitrogen and oxygen atoms in total. The maximum absolute atomic E-state index is 3.99. The van der Waals surface area contributed by atoms with Crippen molar-refractivity contribution >= 4 is 0 Å². The summed E-state index contributed by atoms with van der Waals surface area (Å²) in [5.74, 6) is 0.478. The fourth-order valence-electron chi connectivity index (χ4n) is 1.20. The largest absolute Gasteiger partial charge is 0.103 e. The van der Waals surface area contributed by atoms with Gasteiger partial charge >= 0.3 is 0 Å². The Hall–Kier alpha value is -1.04. The van der Waals surface area contributed by atoms with E-state index in [0.717, 1.165) is 12.8 Å². The molecule has 0 fully saturated rings. The van der Waals surface area contributed by atoms with E-state index in [1.54, 1.807) is 0 Å². The summed E-state index contributed by atoms with van der Waals surface area (Å²) in [5.41, 5.74) is 1.19. The van der Waals surface area contributed by atoms with Gasteiger partial charge in [0.1, 0.15) is 0 Å². The third-order valence-corrected chi connectivity index (χ3v) is 1.87. The van der Waals surface area contributed by atoms with Gasteiger partial charge in [-0.25, -0.2) is 0 Å². The van der Waals surface area contributed by atoms with Crippen LogP contribution in [-0.2, 0) is 0 Å². The van der Waals surface area contributed by atoms with Crippen LogP contribution in [0.5, 0.6) is 0 Å². The van der Waals surface area contributed by atoms with E-state index in [-0.39, 0.29) is 0 Å². The summed E-state index contributed by atoms with van der Waals surface area (Å²) < 4.78 is 0. The van der Waals surface area contributed by atoms with E-state index in [4.69, 9.17) is 0 Å². The Morgan fingerprint density at radius 2 is 2.36 bits per heavy atom. The van der Waals surface area contributed by atoms with Gasteiger partial charge in [0, 0.05) is 5.92 Å². The first kappa shape index (κ1) is 8.06. The zero-order valence-electron chi connectivity index (χ0n) is 6.79. The quantitative estimate of drug-likeness (QED) is 0.524. The second kappa shape index (κ2) is 3.97. The number of hydrogen-bond donors (Lipinski definition) is 0. The summed E-state index contributed by atoms with van der Waals surface area (Å²) in [5, 5.41) is 0. The van der Waals surface area contributed by atoms with Gasteiger partial charge < -0.3 is 0 Å². The molecule has 0 aromatic rings. The summed E-state index contributed by atoms with van der Waals surface area (Å²) in [6.45, 7) is 7.71. The summed E-state index contributed by atoms with van der Waals surface area (Å²) in [4.78, 5) is 0. The van der Waals surface area contributed by atoms with Gasteiger partial charge in [-0.15, -0.1) is 6.58 Å². The summed E-state index contributed by atoms with van der Waals surface area (Å²) in [6, 6.07) is 0. The lowest BCUT2D eigenvalue weighted by molar-refractivity contribution is 0.801. The molecule has 0 heteroatoms. The lowest BCUT2D eigenvalue weighted by Crippen LogP contribution is -1.94. The zero-order valence-corrected chi connectivity index (χ0v) is 6.79. The maximum Gasteiger partial charge on any atom is 0.00465 e. The van der Waals surface area contributed by atoms with Crippen molar-refractivity contribution in [3.8, 4) is 0 Å². The maximum atomic E-state index is 3.99. The van der Waals surface area contributed by atoms with E-state index < -0.39 is 0 Å². The van der Waals surface area contributed by atoms with Crippen molar-refractivity contribution in [3.63, 3.8) is 0 Å². The molecule has 1 atom stereocenters. The van der Waals surface area contributed by atoms with Crippen LogP contribution in [0.25, 0.3) is 0 Å². The van der Waals surface area contributed by atoms with Gasteiger partial charge in [0.2, 0.25) is 0 Å². The summed E-state index contributed by atoms with van der Waals surface area (Å²) >= 11 is 0. The van der Waals surface area contributed by atoms with E-state index in [9.17, 15) is 0 Å². The van der Waals surface area contributed by atoms with Crippen molar-refractivity contribution in [1.82, 2.24) is 0 Å². The predicted molar refractivity (Wildman–Crippen MR) is 50.3 cm³/mol. The van der Waals surface area contributed by atoms with Gasteiger partial charge in [-0.3, -0.25) is 0 Å². The molecule has 0 saturated carbocycles. The fourth-order valence-corrected chi connectivity index (χ4v) is 1.20. The van der Waals surface area contributed by atoms with Crippen LogP contribution in [-0.4, -0.2) is 0 Å². The lowest BCUT2D eigenvalue weighted by atomic mass is 9.97. The van der Waals surface area contributed by atoms with Gasteiger partial charge in [0.05, 0.1) is 0 Å². The molecule has 0 spiro atoms. The molecule has 0 aromatic carbocycles. The molecule has 0 amide bonds. The van der Waals surface area contributed by atoms with Crippen LogP contribution in [0.3, 0.4) is 0 Å². The van der Waals surface area contributed by atoms with E-state index in [1.165, 1.54) is 5.57 Å². The van der Waals surface area contributed by atoms with Crippen LogP contribution in [0, 0.1) is 5.92 Å². The molecule has 1 unspecified atom stereocenters. The SMILES string of the molecule is C=CCC1C=CCC=CC1=C. The Morgan fingerprint density at radius 3 is 3.09 bits per heavy atom. The van der Waals surface area contributed by atoms with E-state index in [0.29, 0.717) is 5.92 Å². The second-order valence-electron chi connectivity index (χ2n) is 2.77. The molecular formula is C11H14. The van der Waals surface area contributed by atoms with Crippen LogP contribution in [0.1, 0.15) is 12.8 Å². The Labute approximate surface area is 68.6 Å². The molecule has 1 rings (SSSR count). The minimum atomic E-state index is 0.478. The topological polar surface area (TPSA) is 0 Å². The Balaban J connectivity index is 2.67. The molecule has 1 aliphatic carbocycles. The Morgan fingerprint density at radius 1 is 1.55 bits per heavy atom. The minimum Gasteiger partial charge on any atom is -0.103 e. The van der Waals surface area contributed by atoms with Gasteiger partial charge in [0.15, 0.2) is 0 Å². The lowest BCUT2D eigenvalue weighted by Gasteiger charge is -2.08. The molecule has 0 saturated heterocycles. The highest BCUT2D eigenvalue weighted by Gasteiger charge is 2.05. The molecule has 11 heavy (non-hydrogen) atoms. The smallest absolute Gasteiger partial charge is 0.00465 e. The molecule has 0 aromatic heterocycles. The van der Waals surface area contributed by atoms with Crippen LogP contribution in [0.15, 0.2) is 49.1 Å². The van der Waals surface area contributed by atoms with Crippen LogP contribution < -0.4 is 0 Å². The Kier molecular flexibility index (Phi) is 2.91. The van der Waals surface area contributed by atoms with Gasteiger partial charge in [-0.1, -0.05) is 37.0 Å². The van der Waals surface area contributed by atoms with E-state index in [1.807, 2.05) is 6.08 Å². The van der Waals surface area contributed by atoms with Crippen LogP contribution in [0.4, 0.5) is 0 Å². The van der Waals surface area contributed by atoms with E-state index in [2.05, 4.69) is 37.5 Å². The van der Waals surface area contributed by atoms with Crippen molar-refractivity contribution in [2.45, 2.75) is 12.8 Å². The Bertz CT molecular complexity index is 206. The highest BCUT2D eigenvalue weighted by molar-refractivity contribution is 5.26. The second-order valence-corrected chi connectivity index (χ2v) is 2.77. The molecule has 1 aliphatic rings. The van der Waals surface area contributed by atoms with Crippen molar-refractivity contribution in [2.24, 2.45) is 5.92 Å². The van der Waals surface area contributed by atoms with Crippen molar-refractivity contribution in [3.05, 3.63) is 49.1 Å². The monoisotopic (exact) mass is 146 g/mol.